The molecule has 1 aliphatic heterocycles. The number of carboxylic acid groups (broad SMARTS) is 1. The van der Waals surface area contributed by atoms with Crippen LogP contribution in [0.2, 0.25) is 0 Å². The van der Waals surface area contributed by atoms with E-state index in [-0.39, 0.29) is 52.0 Å². The molecule has 0 aromatic rings. The minimum Gasteiger partial charge on any atom is -0.481 e. The van der Waals surface area contributed by atoms with Crippen LogP contribution in [0.1, 0.15) is 152 Å². The zero-order valence-corrected chi connectivity index (χ0v) is 32.6. The molecule has 1 amide bonds. The van der Waals surface area contributed by atoms with Gasteiger partial charge in [0.1, 0.15) is 6.10 Å². The highest BCUT2D eigenvalue weighted by Gasteiger charge is 2.71. The van der Waals surface area contributed by atoms with Gasteiger partial charge in [0.05, 0.1) is 12.8 Å². The van der Waals surface area contributed by atoms with Crippen molar-refractivity contribution >= 4 is 17.8 Å². The number of allylic oxidation sites excluding steroid dienone is 1. The van der Waals surface area contributed by atoms with Gasteiger partial charge in [-0.2, -0.15) is 0 Å². The van der Waals surface area contributed by atoms with E-state index in [1.165, 1.54) is 50.5 Å². The van der Waals surface area contributed by atoms with Crippen LogP contribution in [-0.4, -0.2) is 47.0 Å². The second-order valence-corrected chi connectivity index (χ2v) is 20.7. The van der Waals surface area contributed by atoms with E-state index < -0.39 is 11.4 Å². The molecule has 49 heavy (non-hydrogen) atoms. The molecule has 276 valence electrons. The van der Waals surface area contributed by atoms with Gasteiger partial charge in [0.25, 0.3) is 0 Å². The molecule has 0 radical (unpaired) electrons. The third-order valence-corrected chi connectivity index (χ3v) is 17.0. The maximum atomic E-state index is 13.9. The van der Waals surface area contributed by atoms with Crippen molar-refractivity contribution in [1.82, 2.24) is 4.90 Å². The molecular formula is C43H69NO5. The van der Waals surface area contributed by atoms with Gasteiger partial charge in [-0.25, -0.2) is 0 Å². The Morgan fingerprint density at radius 3 is 2.20 bits per heavy atom. The van der Waals surface area contributed by atoms with Crippen LogP contribution in [0.3, 0.4) is 0 Å². The largest absolute Gasteiger partial charge is 0.481 e. The molecule has 1 saturated heterocycles. The number of esters is 1. The molecule has 0 spiro atoms. The lowest BCUT2D eigenvalue weighted by atomic mass is 9.32. The lowest BCUT2D eigenvalue weighted by Gasteiger charge is -2.73. The SMILES string of the molecule is C=C(C)[C@@H]1CC[C@]2(CC(=O)N3CC[C@@H](C)C3)CC[C@]3(C)[C@H](CC[C@@H]4[C@@]5(C)CC[C@H](OC(=O)CC(C)(C)CC(=O)O)C(C)(C)[C@@H]5CC[C@]43C)[C@@H]12. The van der Waals surface area contributed by atoms with Crippen molar-refractivity contribution < 1.29 is 24.2 Å². The maximum absolute atomic E-state index is 13.9. The molecule has 6 fully saturated rings. The van der Waals surface area contributed by atoms with Gasteiger partial charge in [-0.05, 0) is 140 Å². The summed E-state index contributed by atoms with van der Waals surface area (Å²) >= 11 is 0. The summed E-state index contributed by atoms with van der Waals surface area (Å²) in [4.78, 5) is 40.7. The number of amides is 1. The molecular weight excluding hydrogens is 610 g/mol. The molecule has 0 aromatic heterocycles. The average Bonchev–Trinajstić information content (AvgIpc) is 3.58. The Kier molecular flexibility index (Phi) is 9.33. The van der Waals surface area contributed by atoms with Crippen LogP contribution in [-0.2, 0) is 19.1 Å². The number of carbonyl (C=O) groups excluding carboxylic acids is 2. The fourth-order valence-corrected chi connectivity index (χ4v) is 14.4. The van der Waals surface area contributed by atoms with Crippen LogP contribution in [0, 0.1) is 68.0 Å². The number of hydrogen-bond acceptors (Lipinski definition) is 4. The summed E-state index contributed by atoms with van der Waals surface area (Å²) in [6.07, 6.45) is 13.4. The number of fused-ring (bicyclic) bond motifs is 7. The number of rotatable bonds is 8. The highest BCUT2D eigenvalue weighted by molar-refractivity contribution is 5.77. The topological polar surface area (TPSA) is 83.9 Å². The standard InChI is InChI=1S/C43H69NO5/c1-27(2)29-13-19-43(23-34(45)44-22-16-28(3)26-44)21-20-41(9)30(37(29)43)11-12-32-40(8)17-15-33(39(6,7)31(40)14-18-42(32,41)10)49-36(48)25-38(4,5)24-35(46)47/h28-33,37H,1,11-26H2,2-10H3,(H,46,47)/t28-,29+,30-,31+,32-,33+,37-,40+,41-,42-,43-/m1/s1. The monoisotopic (exact) mass is 680 g/mol. The predicted molar refractivity (Wildman–Crippen MR) is 194 cm³/mol. The molecule has 1 heterocycles. The Hall–Kier alpha value is -1.85. The smallest absolute Gasteiger partial charge is 0.306 e. The van der Waals surface area contributed by atoms with E-state index in [4.69, 9.17) is 4.74 Å². The number of likely N-dealkylation sites (tertiary alicyclic amines) is 1. The summed E-state index contributed by atoms with van der Waals surface area (Å²) in [5.74, 6) is 2.68. The van der Waals surface area contributed by atoms with E-state index >= 15 is 0 Å². The second-order valence-electron chi connectivity index (χ2n) is 20.7. The lowest BCUT2D eigenvalue weighted by Crippen LogP contribution is -2.67. The van der Waals surface area contributed by atoms with Gasteiger partial charge in [-0.1, -0.05) is 67.5 Å². The number of carboxylic acids is 1. The van der Waals surface area contributed by atoms with Gasteiger partial charge < -0.3 is 14.7 Å². The second kappa shape index (κ2) is 12.4. The van der Waals surface area contributed by atoms with Crippen LogP contribution in [0.4, 0.5) is 0 Å². The first-order valence-corrected chi connectivity index (χ1v) is 20.0. The Labute approximate surface area is 297 Å². The van der Waals surface area contributed by atoms with E-state index in [0.29, 0.717) is 41.4 Å². The van der Waals surface area contributed by atoms with Gasteiger partial charge in [-0.15, -0.1) is 0 Å². The van der Waals surface area contributed by atoms with Crippen LogP contribution in [0.25, 0.3) is 0 Å². The number of ether oxygens (including phenoxy) is 1. The van der Waals surface area contributed by atoms with Crippen LogP contribution in [0.15, 0.2) is 12.2 Å². The fraction of sp³-hybridized carbons (Fsp3) is 0.884. The number of nitrogens with zero attached hydrogens (tertiary/aromatic N) is 1. The van der Waals surface area contributed by atoms with Crippen LogP contribution in [0.5, 0.6) is 0 Å². The summed E-state index contributed by atoms with van der Waals surface area (Å²) in [5.41, 5.74) is 1.30. The van der Waals surface area contributed by atoms with E-state index in [9.17, 15) is 19.5 Å². The highest BCUT2D eigenvalue weighted by Crippen LogP contribution is 2.78. The van der Waals surface area contributed by atoms with Crippen LogP contribution < -0.4 is 0 Å². The molecule has 0 unspecified atom stereocenters. The molecule has 6 nitrogen and oxygen atoms in total. The highest BCUT2D eigenvalue weighted by atomic mass is 16.5. The first-order chi connectivity index (χ1) is 22.7. The number of hydrogen-bond donors (Lipinski definition) is 1. The first kappa shape index (κ1) is 36.9. The van der Waals surface area contributed by atoms with E-state index in [1.54, 1.807) is 0 Å². The predicted octanol–water partition coefficient (Wildman–Crippen LogP) is 9.71. The Morgan fingerprint density at radius 1 is 0.857 bits per heavy atom. The van der Waals surface area contributed by atoms with Gasteiger partial charge in [0.2, 0.25) is 5.91 Å². The quantitative estimate of drug-likeness (QED) is 0.204. The summed E-state index contributed by atoms with van der Waals surface area (Å²) in [7, 11) is 0. The molecule has 0 bridgehead atoms. The Balaban J connectivity index is 1.23. The molecule has 1 N–H and O–H groups in total. The Morgan fingerprint density at radius 2 is 1.57 bits per heavy atom. The summed E-state index contributed by atoms with van der Waals surface area (Å²) < 4.78 is 6.28. The molecule has 6 aliphatic rings. The van der Waals surface area contributed by atoms with Crippen LogP contribution >= 0.6 is 0 Å². The van der Waals surface area contributed by atoms with Gasteiger partial charge in [0, 0.05) is 24.9 Å². The van der Waals surface area contributed by atoms with Gasteiger partial charge >= 0.3 is 11.9 Å². The van der Waals surface area contributed by atoms with E-state index in [0.717, 1.165) is 45.2 Å². The van der Waals surface area contributed by atoms with Gasteiger partial charge in [0.15, 0.2) is 0 Å². The Bertz CT molecular complexity index is 1350. The molecule has 0 aromatic carbocycles. The number of carbonyl (C=O) groups is 3. The van der Waals surface area contributed by atoms with Crippen molar-refractivity contribution in [3.05, 3.63) is 12.2 Å². The summed E-state index contributed by atoms with van der Waals surface area (Å²) in [5, 5.41) is 9.34. The van der Waals surface area contributed by atoms with Crippen molar-refractivity contribution in [3.63, 3.8) is 0 Å². The maximum Gasteiger partial charge on any atom is 0.306 e. The number of aliphatic carboxylic acids is 1. The minimum atomic E-state index is -0.878. The summed E-state index contributed by atoms with van der Waals surface area (Å²) in [6.45, 7) is 27.3. The average molecular weight is 680 g/mol. The normalized spacial score (nSPS) is 44.3. The third-order valence-electron chi connectivity index (χ3n) is 17.0. The third kappa shape index (κ3) is 5.93. The summed E-state index contributed by atoms with van der Waals surface area (Å²) in [6, 6.07) is 0. The van der Waals surface area contributed by atoms with Gasteiger partial charge in [-0.3, -0.25) is 14.4 Å². The zero-order valence-electron chi connectivity index (χ0n) is 32.6. The molecule has 6 rings (SSSR count). The van der Waals surface area contributed by atoms with E-state index in [1.807, 2.05) is 13.8 Å². The van der Waals surface area contributed by atoms with Crippen molar-refractivity contribution in [3.8, 4) is 0 Å². The van der Waals surface area contributed by atoms with E-state index in [2.05, 4.69) is 59.9 Å². The first-order valence-electron chi connectivity index (χ1n) is 20.0. The minimum absolute atomic E-state index is 0.0417. The lowest BCUT2D eigenvalue weighted by molar-refractivity contribution is -0.250. The molecule has 5 aliphatic carbocycles. The fourth-order valence-electron chi connectivity index (χ4n) is 14.4. The molecule has 11 atom stereocenters. The van der Waals surface area contributed by atoms with Crippen molar-refractivity contribution in [1.29, 1.82) is 0 Å². The molecule has 6 heteroatoms. The van der Waals surface area contributed by atoms with Crippen molar-refractivity contribution in [2.75, 3.05) is 13.1 Å². The van der Waals surface area contributed by atoms with Crippen molar-refractivity contribution in [2.24, 2.45) is 68.0 Å². The zero-order chi connectivity index (χ0) is 35.9. The van der Waals surface area contributed by atoms with Crippen molar-refractivity contribution in [2.45, 2.75) is 158 Å². The molecule has 5 saturated carbocycles.